The first-order valence-corrected chi connectivity index (χ1v) is 9.10. The van der Waals surface area contributed by atoms with Crippen LogP contribution in [-0.4, -0.2) is 22.4 Å². The lowest BCUT2D eigenvalue weighted by molar-refractivity contribution is 0.355. The van der Waals surface area contributed by atoms with Gasteiger partial charge in [0.05, 0.1) is 12.7 Å². The molecule has 0 bridgehead atoms. The van der Waals surface area contributed by atoms with E-state index in [0.717, 1.165) is 12.8 Å². The Morgan fingerprint density at radius 2 is 1.46 bits per heavy atom. The van der Waals surface area contributed by atoms with E-state index in [9.17, 15) is 15.3 Å². The van der Waals surface area contributed by atoms with Crippen molar-refractivity contribution in [3.63, 3.8) is 0 Å². The van der Waals surface area contributed by atoms with Crippen molar-refractivity contribution in [3.8, 4) is 23.0 Å². The van der Waals surface area contributed by atoms with Gasteiger partial charge in [-0.05, 0) is 12.8 Å². The molecule has 1 aromatic rings. The number of rotatable bonds is 12. The lowest BCUT2D eigenvalue weighted by atomic mass is 10.1. The van der Waals surface area contributed by atoms with Crippen LogP contribution >= 0.6 is 0 Å². The Morgan fingerprint density at radius 3 is 2.04 bits per heavy atom. The molecular weight excluding hydrogens is 304 g/mol. The zero-order chi connectivity index (χ0) is 17.8. The van der Waals surface area contributed by atoms with Crippen molar-refractivity contribution in [3.05, 3.63) is 17.7 Å². The molecule has 0 saturated carbocycles. The number of unbranched alkanes of at least 4 members (excludes halogenated alkanes) is 9. The number of ether oxygens (including phenoxy) is 1. The molecule has 0 aromatic heterocycles. The minimum atomic E-state index is -0.323. The highest BCUT2D eigenvalue weighted by Crippen LogP contribution is 2.43. The first-order chi connectivity index (χ1) is 11.6. The summed E-state index contributed by atoms with van der Waals surface area (Å²) in [5, 5.41) is 29.5. The van der Waals surface area contributed by atoms with Crippen LogP contribution in [0.1, 0.15) is 76.7 Å². The van der Waals surface area contributed by atoms with Crippen molar-refractivity contribution in [1.82, 2.24) is 0 Å². The quantitative estimate of drug-likeness (QED) is 0.258. The normalized spacial score (nSPS) is 11.2. The lowest BCUT2D eigenvalue weighted by Gasteiger charge is -2.09. The van der Waals surface area contributed by atoms with Gasteiger partial charge in [-0.15, -0.1) is 0 Å². The second-order valence-electron chi connectivity index (χ2n) is 6.23. The van der Waals surface area contributed by atoms with Crippen LogP contribution in [0.2, 0.25) is 0 Å². The average Bonchev–Trinajstić information content (AvgIpc) is 2.58. The van der Waals surface area contributed by atoms with E-state index in [0.29, 0.717) is 0 Å². The van der Waals surface area contributed by atoms with E-state index in [1.807, 2.05) is 6.08 Å². The molecule has 0 saturated heterocycles. The summed E-state index contributed by atoms with van der Waals surface area (Å²) >= 11 is 0. The number of phenols is 3. The fraction of sp³-hybridized carbons (Fsp3) is 0.600. The van der Waals surface area contributed by atoms with Crippen molar-refractivity contribution in [2.24, 2.45) is 0 Å². The number of aromatic hydroxyl groups is 3. The molecule has 0 fully saturated rings. The van der Waals surface area contributed by atoms with E-state index in [1.54, 1.807) is 6.08 Å². The van der Waals surface area contributed by atoms with Gasteiger partial charge in [-0.1, -0.05) is 70.4 Å². The Bertz CT molecular complexity index is 509. The second-order valence-corrected chi connectivity index (χ2v) is 6.23. The first-order valence-electron chi connectivity index (χ1n) is 9.10. The Balaban J connectivity index is 2.30. The molecule has 4 nitrogen and oxygen atoms in total. The summed E-state index contributed by atoms with van der Waals surface area (Å²) in [6, 6.07) is 1.20. The van der Waals surface area contributed by atoms with Crippen molar-refractivity contribution in [2.45, 2.75) is 71.1 Å². The molecule has 0 heterocycles. The highest BCUT2D eigenvalue weighted by atomic mass is 16.5. The summed E-state index contributed by atoms with van der Waals surface area (Å²) in [6.45, 7) is 2.24. The zero-order valence-electron chi connectivity index (χ0n) is 15.1. The van der Waals surface area contributed by atoms with E-state index in [4.69, 9.17) is 4.74 Å². The van der Waals surface area contributed by atoms with Gasteiger partial charge in [0, 0.05) is 6.07 Å². The maximum atomic E-state index is 10.0. The van der Waals surface area contributed by atoms with Crippen LogP contribution in [0.5, 0.6) is 23.0 Å². The summed E-state index contributed by atoms with van der Waals surface area (Å²) in [7, 11) is 1.40. The fourth-order valence-corrected chi connectivity index (χ4v) is 2.73. The monoisotopic (exact) mass is 336 g/mol. The lowest BCUT2D eigenvalue weighted by Crippen LogP contribution is -1.87. The van der Waals surface area contributed by atoms with Crippen molar-refractivity contribution < 1.29 is 20.1 Å². The Morgan fingerprint density at radius 1 is 0.875 bits per heavy atom. The van der Waals surface area contributed by atoms with Crippen LogP contribution in [0.4, 0.5) is 0 Å². The van der Waals surface area contributed by atoms with Gasteiger partial charge in [-0.25, -0.2) is 0 Å². The number of hydrogen-bond donors (Lipinski definition) is 3. The van der Waals surface area contributed by atoms with Gasteiger partial charge in [0.25, 0.3) is 0 Å². The minimum Gasteiger partial charge on any atom is -0.504 e. The molecule has 1 rings (SSSR count). The van der Waals surface area contributed by atoms with Gasteiger partial charge in [-0.3, -0.25) is 0 Å². The molecule has 4 heteroatoms. The largest absolute Gasteiger partial charge is 0.504 e. The van der Waals surface area contributed by atoms with E-state index < -0.39 is 0 Å². The van der Waals surface area contributed by atoms with Gasteiger partial charge in [0.15, 0.2) is 23.0 Å². The van der Waals surface area contributed by atoms with Crippen LogP contribution in [0, 0.1) is 0 Å². The fourth-order valence-electron chi connectivity index (χ4n) is 2.73. The molecule has 0 atom stereocenters. The van der Waals surface area contributed by atoms with Gasteiger partial charge >= 0.3 is 0 Å². The first kappa shape index (κ1) is 20.2. The van der Waals surface area contributed by atoms with E-state index >= 15 is 0 Å². The summed E-state index contributed by atoms with van der Waals surface area (Å²) < 4.78 is 4.97. The highest BCUT2D eigenvalue weighted by molar-refractivity contribution is 5.71. The number of methoxy groups -OCH3 is 1. The third-order valence-electron chi connectivity index (χ3n) is 4.23. The number of hydrogen-bond acceptors (Lipinski definition) is 4. The Hall–Kier alpha value is -1.84. The third kappa shape index (κ3) is 6.73. The molecule has 0 spiro atoms. The molecular formula is C20H32O4. The molecule has 3 N–H and O–H groups in total. The van der Waals surface area contributed by atoms with Crippen molar-refractivity contribution in [2.75, 3.05) is 7.11 Å². The number of benzene rings is 1. The topological polar surface area (TPSA) is 69.9 Å². The third-order valence-corrected chi connectivity index (χ3v) is 4.23. The van der Waals surface area contributed by atoms with E-state index in [1.165, 1.54) is 64.5 Å². The molecule has 24 heavy (non-hydrogen) atoms. The molecule has 1 aromatic carbocycles. The van der Waals surface area contributed by atoms with Crippen LogP contribution in [0.3, 0.4) is 0 Å². The summed E-state index contributed by atoms with van der Waals surface area (Å²) in [6.07, 6.45) is 16.0. The highest BCUT2D eigenvalue weighted by Gasteiger charge is 2.15. The standard InChI is InChI=1S/C20H32O4/c1-3-4-5-6-7-8-9-10-11-12-13-14-16-19(22)17(21)15-18(24-2)20(16)23/h13-15,21-23H,3-12H2,1-2H3/b14-13+. The second kappa shape index (κ2) is 11.7. The summed E-state index contributed by atoms with van der Waals surface area (Å²) in [5.74, 6) is -0.631. The smallest absolute Gasteiger partial charge is 0.169 e. The number of allylic oxidation sites excluding steroid dienone is 1. The van der Waals surface area contributed by atoms with Gasteiger partial charge in [-0.2, -0.15) is 0 Å². The Kier molecular flexibility index (Phi) is 9.81. The minimum absolute atomic E-state index is 0.146. The molecule has 0 aliphatic heterocycles. The van der Waals surface area contributed by atoms with E-state index in [2.05, 4.69) is 6.92 Å². The van der Waals surface area contributed by atoms with Crippen LogP contribution in [-0.2, 0) is 0 Å². The van der Waals surface area contributed by atoms with Crippen molar-refractivity contribution >= 4 is 6.08 Å². The molecule has 0 unspecified atom stereocenters. The molecule has 0 aliphatic carbocycles. The van der Waals surface area contributed by atoms with Gasteiger partial charge in [0.2, 0.25) is 0 Å². The van der Waals surface area contributed by atoms with Crippen LogP contribution < -0.4 is 4.74 Å². The molecule has 0 radical (unpaired) electrons. The molecule has 0 amide bonds. The maximum absolute atomic E-state index is 10.0. The summed E-state index contributed by atoms with van der Waals surface area (Å²) in [5.41, 5.74) is 0.197. The van der Waals surface area contributed by atoms with E-state index in [-0.39, 0.29) is 28.6 Å². The zero-order valence-corrected chi connectivity index (χ0v) is 15.1. The predicted molar refractivity (Wildman–Crippen MR) is 98.9 cm³/mol. The van der Waals surface area contributed by atoms with Gasteiger partial charge in [0.1, 0.15) is 0 Å². The average molecular weight is 336 g/mol. The van der Waals surface area contributed by atoms with Crippen LogP contribution in [0.15, 0.2) is 12.1 Å². The van der Waals surface area contributed by atoms with Crippen LogP contribution in [0.25, 0.3) is 6.08 Å². The summed E-state index contributed by atoms with van der Waals surface area (Å²) in [4.78, 5) is 0. The number of phenolic OH excluding ortho intramolecular Hbond substituents is 3. The molecule has 0 aliphatic rings. The predicted octanol–water partition coefficient (Wildman–Crippen LogP) is 5.75. The van der Waals surface area contributed by atoms with Gasteiger partial charge < -0.3 is 20.1 Å². The molecule has 136 valence electrons. The Labute approximate surface area is 145 Å². The van der Waals surface area contributed by atoms with Crippen molar-refractivity contribution in [1.29, 1.82) is 0 Å². The SMILES string of the molecule is CCCCCCCCCCC/C=C/c1c(O)c(O)cc(OC)c1O. The maximum Gasteiger partial charge on any atom is 0.169 e.